The average Bonchev–Trinajstić information content (AvgIpc) is 3.06. The van der Waals surface area contributed by atoms with Crippen LogP contribution in [-0.2, 0) is 15.2 Å². The number of nitrogens with zero attached hydrogens (tertiary/aromatic N) is 2. The van der Waals surface area contributed by atoms with Gasteiger partial charge in [-0.3, -0.25) is 10.1 Å². The van der Waals surface area contributed by atoms with Gasteiger partial charge in [0, 0.05) is 35.3 Å². The number of ether oxygens (including phenoxy) is 1. The monoisotopic (exact) mass is 426 g/mol. The molecule has 2 aliphatic rings. The predicted molar refractivity (Wildman–Crippen MR) is 122 cm³/mol. The molecule has 2 unspecified atom stereocenters. The molecule has 1 aliphatic carbocycles. The molecule has 0 saturated carbocycles. The van der Waals surface area contributed by atoms with Crippen LogP contribution in [0.25, 0.3) is 5.57 Å². The molecule has 5 rings (SSSR count). The van der Waals surface area contributed by atoms with Gasteiger partial charge in [0.1, 0.15) is 0 Å². The quantitative estimate of drug-likeness (QED) is 0.388. The summed E-state index contributed by atoms with van der Waals surface area (Å²) in [4.78, 5) is 16.8. The Balaban J connectivity index is 1.69. The van der Waals surface area contributed by atoms with E-state index in [9.17, 15) is 10.1 Å². The molecule has 32 heavy (non-hydrogen) atoms. The van der Waals surface area contributed by atoms with E-state index in [2.05, 4.69) is 24.2 Å². The maximum Gasteiger partial charge on any atom is 0.269 e. The lowest BCUT2D eigenvalue weighted by molar-refractivity contribution is -0.384. The number of hydrogen-bond acceptors (Lipinski definition) is 5. The number of hydrogen-bond donors (Lipinski definition) is 0. The summed E-state index contributed by atoms with van der Waals surface area (Å²) in [7, 11) is 0. The minimum Gasteiger partial charge on any atom is -0.454 e. The fourth-order valence-electron chi connectivity index (χ4n) is 4.92. The molecule has 2 atom stereocenters. The Kier molecular flexibility index (Phi) is 4.59. The summed E-state index contributed by atoms with van der Waals surface area (Å²) < 4.78 is 6.81. The molecular formula is C26H22N2O4. The first-order valence-electron chi connectivity index (χ1n) is 10.5. The van der Waals surface area contributed by atoms with Crippen LogP contribution in [0.2, 0.25) is 0 Å². The Labute approximate surface area is 185 Å². The molecule has 1 aliphatic heterocycles. The van der Waals surface area contributed by atoms with E-state index in [0.717, 1.165) is 16.7 Å². The molecule has 160 valence electrons. The smallest absolute Gasteiger partial charge is 0.269 e. The van der Waals surface area contributed by atoms with Gasteiger partial charge in [0.25, 0.3) is 11.6 Å². The number of fused-ring (bicyclic) bond motifs is 1. The SMILES string of the molecule is CC1=C(c2ccccc2)C2(c3ccccc3)OC(c3ccc([N+](=O)[O-])cc3)=NOC2(C)C1. The summed E-state index contributed by atoms with van der Waals surface area (Å²) >= 11 is 0. The van der Waals surface area contributed by atoms with Gasteiger partial charge in [-0.1, -0.05) is 66.2 Å². The van der Waals surface area contributed by atoms with Crippen molar-refractivity contribution >= 4 is 17.2 Å². The molecule has 0 aromatic heterocycles. The summed E-state index contributed by atoms with van der Waals surface area (Å²) in [5.41, 5.74) is 3.19. The molecular weight excluding hydrogens is 404 g/mol. The summed E-state index contributed by atoms with van der Waals surface area (Å²) in [6.07, 6.45) is 0.656. The van der Waals surface area contributed by atoms with Crippen molar-refractivity contribution in [3.8, 4) is 0 Å². The maximum atomic E-state index is 11.1. The molecule has 1 heterocycles. The number of nitro groups is 1. The van der Waals surface area contributed by atoms with E-state index < -0.39 is 16.1 Å². The number of oxime groups is 1. The van der Waals surface area contributed by atoms with Gasteiger partial charge < -0.3 is 9.57 Å². The van der Waals surface area contributed by atoms with Gasteiger partial charge in [-0.05, 0) is 36.7 Å². The van der Waals surface area contributed by atoms with Crippen LogP contribution in [-0.4, -0.2) is 16.4 Å². The van der Waals surface area contributed by atoms with Crippen LogP contribution in [0.1, 0.15) is 37.0 Å². The Bertz CT molecular complexity index is 1240. The molecule has 0 radical (unpaired) electrons. The Morgan fingerprint density at radius 1 is 0.906 bits per heavy atom. The van der Waals surface area contributed by atoms with Crippen molar-refractivity contribution in [3.05, 3.63) is 117 Å². The zero-order chi connectivity index (χ0) is 22.3. The number of rotatable bonds is 4. The van der Waals surface area contributed by atoms with Gasteiger partial charge in [-0.15, -0.1) is 0 Å². The van der Waals surface area contributed by atoms with Crippen molar-refractivity contribution in [2.45, 2.75) is 31.5 Å². The third-order valence-electron chi connectivity index (χ3n) is 6.27. The zero-order valence-corrected chi connectivity index (χ0v) is 17.8. The second-order valence-corrected chi connectivity index (χ2v) is 8.37. The summed E-state index contributed by atoms with van der Waals surface area (Å²) in [5.74, 6) is 0.296. The maximum absolute atomic E-state index is 11.1. The first kappa shape index (κ1) is 20.0. The molecule has 0 amide bonds. The van der Waals surface area contributed by atoms with Gasteiger partial charge in [0.2, 0.25) is 5.60 Å². The molecule has 0 spiro atoms. The topological polar surface area (TPSA) is 74.0 Å². The van der Waals surface area contributed by atoms with Crippen molar-refractivity contribution in [1.82, 2.24) is 0 Å². The lowest BCUT2D eigenvalue weighted by atomic mass is 9.74. The Morgan fingerprint density at radius 3 is 2.16 bits per heavy atom. The van der Waals surface area contributed by atoms with Crippen LogP contribution in [0, 0.1) is 10.1 Å². The molecule has 0 N–H and O–H groups in total. The third kappa shape index (κ3) is 2.91. The molecule has 0 bridgehead atoms. The minimum atomic E-state index is -0.932. The van der Waals surface area contributed by atoms with Crippen LogP contribution < -0.4 is 0 Å². The molecule has 3 aromatic carbocycles. The normalized spacial score (nSPS) is 24.2. The zero-order valence-electron chi connectivity index (χ0n) is 17.8. The van der Waals surface area contributed by atoms with Gasteiger partial charge in [-0.2, -0.15) is 0 Å². The van der Waals surface area contributed by atoms with E-state index in [1.807, 2.05) is 55.5 Å². The highest BCUT2D eigenvalue weighted by Crippen LogP contribution is 2.59. The second-order valence-electron chi connectivity index (χ2n) is 8.37. The fourth-order valence-corrected chi connectivity index (χ4v) is 4.92. The van der Waals surface area contributed by atoms with Crippen LogP contribution in [0.5, 0.6) is 0 Å². The van der Waals surface area contributed by atoms with E-state index in [0.29, 0.717) is 17.9 Å². The van der Waals surface area contributed by atoms with Crippen LogP contribution in [0.15, 0.2) is 95.7 Å². The first-order valence-corrected chi connectivity index (χ1v) is 10.5. The number of nitro benzene ring substituents is 1. The van der Waals surface area contributed by atoms with Gasteiger partial charge in [-0.25, -0.2) is 0 Å². The van der Waals surface area contributed by atoms with Gasteiger partial charge >= 0.3 is 0 Å². The lowest BCUT2D eigenvalue weighted by Gasteiger charge is -2.46. The van der Waals surface area contributed by atoms with Crippen LogP contribution >= 0.6 is 0 Å². The van der Waals surface area contributed by atoms with E-state index in [4.69, 9.17) is 9.57 Å². The minimum absolute atomic E-state index is 0.00951. The van der Waals surface area contributed by atoms with E-state index >= 15 is 0 Å². The number of non-ortho nitro benzene ring substituents is 1. The van der Waals surface area contributed by atoms with Crippen LogP contribution in [0.4, 0.5) is 5.69 Å². The molecule has 0 saturated heterocycles. The molecule has 6 heteroatoms. The first-order chi connectivity index (χ1) is 15.4. The third-order valence-corrected chi connectivity index (χ3v) is 6.27. The van der Waals surface area contributed by atoms with Gasteiger partial charge in [0.05, 0.1) is 4.92 Å². The molecule has 3 aromatic rings. The van der Waals surface area contributed by atoms with E-state index in [-0.39, 0.29) is 5.69 Å². The van der Waals surface area contributed by atoms with Crippen molar-refractivity contribution in [2.75, 3.05) is 0 Å². The largest absolute Gasteiger partial charge is 0.454 e. The summed E-state index contributed by atoms with van der Waals surface area (Å²) in [5, 5.41) is 15.4. The second kappa shape index (κ2) is 7.34. The van der Waals surface area contributed by atoms with E-state index in [1.54, 1.807) is 12.1 Å². The molecule has 6 nitrogen and oxygen atoms in total. The van der Waals surface area contributed by atoms with Crippen molar-refractivity contribution in [3.63, 3.8) is 0 Å². The van der Waals surface area contributed by atoms with Crippen molar-refractivity contribution < 1.29 is 14.5 Å². The highest BCUT2D eigenvalue weighted by Gasteiger charge is 2.64. The lowest BCUT2D eigenvalue weighted by Crippen LogP contribution is -2.54. The Hall–Kier alpha value is -3.93. The van der Waals surface area contributed by atoms with Crippen molar-refractivity contribution in [2.24, 2.45) is 5.16 Å². The van der Waals surface area contributed by atoms with E-state index in [1.165, 1.54) is 17.7 Å². The average molecular weight is 426 g/mol. The highest BCUT2D eigenvalue weighted by atomic mass is 16.7. The van der Waals surface area contributed by atoms with Crippen molar-refractivity contribution in [1.29, 1.82) is 0 Å². The fraction of sp³-hybridized carbons (Fsp3) is 0.192. The Morgan fingerprint density at radius 2 is 1.53 bits per heavy atom. The summed E-state index contributed by atoms with van der Waals surface area (Å²) in [6.45, 7) is 4.13. The summed E-state index contributed by atoms with van der Waals surface area (Å²) in [6, 6.07) is 26.4. The van der Waals surface area contributed by atoms with Gasteiger partial charge in [0.15, 0.2) is 5.60 Å². The predicted octanol–water partition coefficient (Wildman–Crippen LogP) is 5.83. The van der Waals surface area contributed by atoms with Crippen LogP contribution in [0.3, 0.4) is 0 Å². The molecule has 0 fully saturated rings. The number of benzene rings is 3. The standard InChI is InChI=1S/C26H22N2O4/c1-18-17-25(2)26(21-11-7-4-8-12-21,23(18)19-9-5-3-6-10-19)31-24(27-32-25)20-13-15-22(16-14-20)28(29)30/h3-16H,17H2,1-2H3. The highest BCUT2D eigenvalue weighted by molar-refractivity contribution is 5.97.